The van der Waals surface area contributed by atoms with Crippen molar-refractivity contribution in [3.63, 3.8) is 0 Å². The first kappa shape index (κ1) is 11.8. The summed E-state index contributed by atoms with van der Waals surface area (Å²) >= 11 is 0. The van der Waals surface area contributed by atoms with Crippen molar-refractivity contribution in [1.29, 1.82) is 0 Å². The van der Waals surface area contributed by atoms with E-state index in [9.17, 15) is 4.21 Å². The zero-order chi connectivity index (χ0) is 11.5. The maximum Gasteiger partial charge on any atom is 0.0537 e. The highest BCUT2D eigenvalue weighted by Crippen LogP contribution is 2.11. The molecule has 1 aliphatic heterocycles. The molecule has 0 bridgehead atoms. The molecule has 16 heavy (non-hydrogen) atoms. The van der Waals surface area contributed by atoms with Gasteiger partial charge in [-0.25, -0.2) is 0 Å². The highest BCUT2D eigenvalue weighted by atomic mass is 32.2. The van der Waals surface area contributed by atoms with Crippen molar-refractivity contribution in [2.75, 3.05) is 11.5 Å². The minimum absolute atomic E-state index is 0.525. The number of hydrogen-bond acceptors (Lipinski definition) is 3. The molecule has 4 nitrogen and oxygen atoms in total. The van der Waals surface area contributed by atoms with Gasteiger partial charge in [-0.1, -0.05) is 0 Å². The molecule has 1 N–H and O–H groups in total. The van der Waals surface area contributed by atoms with Crippen molar-refractivity contribution in [2.24, 2.45) is 7.05 Å². The van der Waals surface area contributed by atoms with Crippen LogP contribution >= 0.6 is 0 Å². The fourth-order valence-corrected chi connectivity index (χ4v) is 3.27. The average Bonchev–Trinajstić information content (AvgIpc) is 2.60. The van der Waals surface area contributed by atoms with E-state index in [1.807, 2.05) is 17.9 Å². The van der Waals surface area contributed by atoms with Gasteiger partial charge in [0.1, 0.15) is 0 Å². The van der Waals surface area contributed by atoms with Crippen molar-refractivity contribution in [3.8, 4) is 0 Å². The van der Waals surface area contributed by atoms with E-state index in [4.69, 9.17) is 0 Å². The van der Waals surface area contributed by atoms with E-state index in [2.05, 4.69) is 17.3 Å². The Morgan fingerprint density at radius 3 is 2.81 bits per heavy atom. The van der Waals surface area contributed by atoms with Crippen LogP contribution in [0.2, 0.25) is 0 Å². The topological polar surface area (TPSA) is 46.9 Å². The summed E-state index contributed by atoms with van der Waals surface area (Å²) in [5.41, 5.74) is 2.47. The van der Waals surface area contributed by atoms with Crippen LogP contribution in [0, 0.1) is 6.92 Å². The Morgan fingerprint density at radius 1 is 1.56 bits per heavy atom. The Balaban J connectivity index is 1.83. The van der Waals surface area contributed by atoms with Crippen molar-refractivity contribution in [1.82, 2.24) is 15.1 Å². The van der Waals surface area contributed by atoms with Gasteiger partial charge >= 0.3 is 0 Å². The van der Waals surface area contributed by atoms with E-state index < -0.39 is 10.8 Å². The monoisotopic (exact) mass is 241 g/mol. The van der Waals surface area contributed by atoms with Crippen LogP contribution in [0.4, 0.5) is 0 Å². The molecule has 0 saturated carbocycles. The second-order valence-corrected chi connectivity index (χ2v) is 6.08. The third kappa shape index (κ3) is 2.71. The second-order valence-electron chi connectivity index (χ2n) is 4.38. The molecule has 1 fully saturated rings. The zero-order valence-electron chi connectivity index (χ0n) is 9.90. The normalized spacial score (nSPS) is 25.9. The zero-order valence-corrected chi connectivity index (χ0v) is 10.7. The molecule has 0 amide bonds. The van der Waals surface area contributed by atoms with Gasteiger partial charge < -0.3 is 5.32 Å². The number of aromatic nitrogens is 2. The molecule has 2 rings (SSSR count). The van der Waals surface area contributed by atoms with Gasteiger partial charge in [-0.2, -0.15) is 5.10 Å². The molecule has 0 spiro atoms. The second kappa shape index (κ2) is 5.10. The molecule has 0 aliphatic carbocycles. The Labute approximate surface area is 98.9 Å². The first-order valence-corrected chi connectivity index (χ1v) is 7.21. The summed E-state index contributed by atoms with van der Waals surface area (Å²) in [5, 5.41) is 7.74. The first-order chi connectivity index (χ1) is 7.66. The van der Waals surface area contributed by atoms with E-state index in [0.29, 0.717) is 6.04 Å². The molecule has 1 aliphatic rings. The maximum absolute atomic E-state index is 11.2. The highest BCUT2D eigenvalue weighted by molar-refractivity contribution is 7.85. The van der Waals surface area contributed by atoms with Crippen LogP contribution in [0.3, 0.4) is 0 Å². The first-order valence-electron chi connectivity index (χ1n) is 5.72. The summed E-state index contributed by atoms with van der Waals surface area (Å²) in [6.45, 7) is 2.96. The predicted molar refractivity (Wildman–Crippen MR) is 65.7 cm³/mol. The van der Waals surface area contributed by atoms with Crippen LogP contribution in [0.25, 0.3) is 0 Å². The molecule has 1 aromatic rings. The van der Waals surface area contributed by atoms with E-state index in [1.54, 1.807) is 0 Å². The molecule has 2 heterocycles. The van der Waals surface area contributed by atoms with E-state index in [-0.39, 0.29) is 0 Å². The van der Waals surface area contributed by atoms with Crippen LogP contribution in [0.1, 0.15) is 24.1 Å². The number of hydrogen-bond donors (Lipinski definition) is 1. The van der Waals surface area contributed by atoms with Gasteiger partial charge in [0, 0.05) is 53.2 Å². The lowest BCUT2D eigenvalue weighted by Gasteiger charge is -2.22. The molecule has 90 valence electrons. The highest BCUT2D eigenvalue weighted by Gasteiger charge is 2.17. The molecule has 1 aromatic heterocycles. The summed E-state index contributed by atoms with van der Waals surface area (Å²) in [7, 11) is 1.40. The quantitative estimate of drug-likeness (QED) is 0.848. The molecule has 0 radical (unpaired) electrons. The number of rotatable bonds is 3. The number of aryl methyl sites for hydroxylation is 1. The van der Waals surface area contributed by atoms with Crippen molar-refractivity contribution in [3.05, 3.63) is 17.5 Å². The Hall–Kier alpha value is -0.680. The fraction of sp³-hybridized carbons (Fsp3) is 0.727. The third-order valence-corrected chi connectivity index (χ3v) is 4.69. The van der Waals surface area contributed by atoms with Crippen LogP contribution in [0.15, 0.2) is 6.20 Å². The minimum Gasteiger partial charge on any atom is -0.310 e. The van der Waals surface area contributed by atoms with Gasteiger partial charge in [0.15, 0.2) is 0 Å². The SMILES string of the molecule is Cc1c(CNC2CCS(=O)CC2)cnn1C. The van der Waals surface area contributed by atoms with Crippen molar-refractivity contribution >= 4 is 10.8 Å². The van der Waals surface area contributed by atoms with Crippen LogP contribution in [-0.2, 0) is 24.4 Å². The van der Waals surface area contributed by atoms with Crippen LogP contribution in [-0.4, -0.2) is 31.5 Å². The lowest BCUT2D eigenvalue weighted by atomic mass is 10.1. The van der Waals surface area contributed by atoms with E-state index in [0.717, 1.165) is 30.9 Å². The smallest absolute Gasteiger partial charge is 0.0537 e. The predicted octanol–water partition coefficient (Wildman–Crippen LogP) is 0.729. The van der Waals surface area contributed by atoms with E-state index >= 15 is 0 Å². The van der Waals surface area contributed by atoms with E-state index in [1.165, 1.54) is 11.3 Å². The summed E-state index contributed by atoms with van der Waals surface area (Å²) in [6.07, 6.45) is 3.99. The van der Waals surface area contributed by atoms with Crippen LogP contribution < -0.4 is 5.32 Å². The van der Waals surface area contributed by atoms with Gasteiger partial charge in [-0.15, -0.1) is 0 Å². The van der Waals surface area contributed by atoms with Crippen molar-refractivity contribution < 1.29 is 4.21 Å². The van der Waals surface area contributed by atoms with Crippen molar-refractivity contribution in [2.45, 2.75) is 32.4 Å². The fourth-order valence-electron chi connectivity index (χ4n) is 1.97. The van der Waals surface area contributed by atoms with Gasteiger partial charge in [-0.3, -0.25) is 8.89 Å². The largest absolute Gasteiger partial charge is 0.310 e. The molecular weight excluding hydrogens is 222 g/mol. The molecule has 1 saturated heterocycles. The van der Waals surface area contributed by atoms with Gasteiger partial charge in [0.05, 0.1) is 6.20 Å². The Morgan fingerprint density at radius 2 is 2.25 bits per heavy atom. The lowest BCUT2D eigenvalue weighted by molar-refractivity contribution is 0.474. The van der Waals surface area contributed by atoms with Gasteiger partial charge in [0.2, 0.25) is 0 Å². The molecule has 0 atom stereocenters. The molecular formula is C11H19N3OS. The lowest BCUT2D eigenvalue weighted by Crippen LogP contribution is -2.35. The minimum atomic E-state index is -0.566. The Bertz CT molecular complexity index is 379. The standard InChI is InChI=1S/C11H19N3OS/c1-9-10(8-13-14(9)2)7-12-11-3-5-16(15)6-4-11/h8,11-12H,3-7H2,1-2H3. The number of nitrogens with one attached hydrogen (secondary N) is 1. The molecule has 0 aromatic carbocycles. The van der Waals surface area contributed by atoms with Gasteiger partial charge in [-0.05, 0) is 19.8 Å². The average molecular weight is 241 g/mol. The Kier molecular flexibility index (Phi) is 3.76. The van der Waals surface area contributed by atoms with Gasteiger partial charge in [0.25, 0.3) is 0 Å². The summed E-state index contributed by atoms with van der Waals surface area (Å²) < 4.78 is 13.1. The maximum atomic E-state index is 11.2. The third-order valence-electron chi connectivity index (χ3n) is 3.31. The molecule has 5 heteroatoms. The van der Waals surface area contributed by atoms with Crippen LogP contribution in [0.5, 0.6) is 0 Å². The summed E-state index contributed by atoms with van der Waals surface area (Å²) in [4.78, 5) is 0. The summed E-state index contributed by atoms with van der Waals surface area (Å²) in [6, 6.07) is 0.525. The summed E-state index contributed by atoms with van der Waals surface area (Å²) in [5.74, 6) is 1.70. The molecule has 0 unspecified atom stereocenters. The number of nitrogens with zero attached hydrogens (tertiary/aromatic N) is 2.